The fourth-order valence-electron chi connectivity index (χ4n) is 3.55. The molecule has 2 aliphatic rings. The van der Waals surface area contributed by atoms with Gasteiger partial charge in [0.15, 0.2) is 0 Å². The molecule has 0 bridgehead atoms. The molecule has 3 rings (SSSR count). The van der Waals surface area contributed by atoms with Crippen molar-refractivity contribution in [2.45, 2.75) is 38.3 Å². The number of piperidine rings is 1. The minimum absolute atomic E-state index is 0. The van der Waals surface area contributed by atoms with Gasteiger partial charge in [-0.15, -0.1) is 24.8 Å². The number of rotatable bonds is 4. The Labute approximate surface area is 166 Å². The van der Waals surface area contributed by atoms with Crippen molar-refractivity contribution in [3.8, 4) is 0 Å². The van der Waals surface area contributed by atoms with Crippen molar-refractivity contribution in [3.63, 3.8) is 0 Å². The van der Waals surface area contributed by atoms with Crippen LogP contribution in [0.25, 0.3) is 0 Å². The van der Waals surface area contributed by atoms with Gasteiger partial charge in [0.2, 0.25) is 5.91 Å². The normalized spacial score (nSPS) is 22.8. The van der Waals surface area contributed by atoms with Gasteiger partial charge in [0.25, 0.3) is 0 Å². The van der Waals surface area contributed by atoms with E-state index in [4.69, 9.17) is 4.74 Å². The highest BCUT2D eigenvalue weighted by molar-refractivity contribution is 5.85. The summed E-state index contributed by atoms with van der Waals surface area (Å²) in [5.41, 5.74) is 1.99. The fourth-order valence-corrected chi connectivity index (χ4v) is 3.55. The van der Waals surface area contributed by atoms with E-state index in [1.807, 2.05) is 13.0 Å². The first-order chi connectivity index (χ1) is 11.6. The minimum atomic E-state index is -0.208. The molecular weight excluding hydrogens is 380 g/mol. The Balaban J connectivity index is 0.00000169. The number of hydrogen-bond donors (Lipinski definition) is 2. The first kappa shape index (κ1) is 23.0. The van der Waals surface area contributed by atoms with Gasteiger partial charge in [-0.05, 0) is 43.5 Å². The van der Waals surface area contributed by atoms with Crippen LogP contribution in [-0.2, 0) is 9.53 Å². The third-order valence-corrected chi connectivity index (χ3v) is 4.72. The zero-order valence-corrected chi connectivity index (χ0v) is 16.6. The van der Waals surface area contributed by atoms with Crippen molar-refractivity contribution in [2.75, 3.05) is 37.7 Å². The van der Waals surface area contributed by atoms with Gasteiger partial charge in [-0.1, -0.05) is 0 Å². The minimum Gasteiger partial charge on any atom is -0.378 e. The van der Waals surface area contributed by atoms with Crippen LogP contribution in [0.3, 0.4) is 0 Å². The number of amides is 1. The zero-order chi connectivity index (χ0) is 16.9. The number of benzene rings is 1. The third-order valence-electron chi connectivity index (χ3n) is 4.72. The number of hydrogen-bond acceptors (Lipinski definition) is 4. The first-order valence-electron chi connectivity index (χ1n) is 8.73. The van der Waals surface area contributed by atoms with Gasteiger partial charge in [-0.2, -0.15) is 0 Å². The molecule has 0 saturated carbocycles. The van der Waals surface area contributed by atoms with E-state index in [1.54, 1.807) is 6.07 Å². The van der Waals surface area contributed by atoms with Crippen molar-refractivity contribution in [1.82, 2.24) is 10.6 Å². The molecule has 0 aromatic heterocycles. The first-order valence-corrected chi connectivity index (χ1v) is 8.73. The largest absolute Gasteiger partial charge is 0.378 e. The Bertz CT molecular complexity index is 586. The Morgan fingerprint density at radius 2 is 2.23 bits per heavy atom. The van der Waals surface area contributed by atoms with Gasteiger partial charge < -0.3 is 20.3 Å². The summed E-state index contributed by atoms with van der Waals surface area (Å²) < 4.78 is 18.7. The number of nitrogens with zero attached hydrogens (tertiary/aromatic N) is 1. The maximum absolute atomic E-state index is 13.3. The molecule has 1 amide bonds. The summed E-state index contributed by atoms with van der Waals surface area (Å²) >= 11 is 0. The average molecular weight is 408 g/mol. The fraction of sp³-hybridized carbons (Fsp3) is 0.611. The van der Waals surface area contributed by atoms with Gasteiger partial charge in [-0.25, -0.2) is 4.39 Å². The van der Waals surface area contributed by atoms with Crippen LogP contribution in [0.15, 0.2) is 18.2 Å². The van der Waals surface area contributed by atoms with Crippen molar-refractivity contribution in [1.29, 1.82) is 0 Å². The van der Waals surface area contributed by atoms with E-state index in [1.165, 1.54) is 6.07 Å². The SMILES string of the molecule is Cc1cc(F)ccc1N1CCCC(NC(=O)CC2COCCN2)C1.Cl.Cl. The molecule has 148 valence electrons. The summed E-state index contributed by atoms with van der Waals surface area (Å²) in [4.78, 5) is 14.5. The second-order valence-corrected chi connectivity index (χ2v) is 6.71. The number of morpholine rings is 1. The van der Waals surface area contributed by atoms with Crippen LogP contribution in [0, 0.1) is 12.7 Å². The van der Waals surface area contributed by atoms with Crippen molar-refractivity contribution in [2.24, 2.45) is 0 Å². The topological polar surface area (TPSA) is 53.6 Å². The van der Waals surface area contributed by atoms with E-state index in [9.17, 15) is 9.18 Å². The molecule has 0 spiro atoms. The molecule has 2 aliphatic heterocycles. The van der Waals surface area contributed by atoms with Crippen LogP contribution in [0.2, 0.25) is 0 Å². The predicted molar refractivity (Wildman–Crippen MR) is 106 cm³/mol. The molecule has 2 heterocycles. The van der Waals surface area contributed by atoms with Crippen LogP contribution in [-0.4, -0.2) is 50.8 Å². The Hall–Kier alpha value is -1.08. The highest BCUT2D eigenvalue weighted by Crippen LogP contribution is 2.24. The van der Waals surface area contributed by atoms with E-state index >= 15 is 0 Å². The molecule has 2 saturated heterocycles. The Morgan fingerprint density at radius 3 is 2.92 bits per heavy atom. The maximum atomic E-state index is 13.3. The number of carbonyl (C=O) groups excluding carboxylic acids is 1. The van der Waals surface area contributed by atoms with Crippen LogP contribution in [0.1, 0.15) is 24.8 Å². The van der Waals surface area contributed by atoms with Gasteiger partial charge in [0.1, 0.15) is 5.82 Å². The molecule has 5 nitrogen and oxygen atoms in total. The van der Waals surface area contributed by atoms with Gasteiger partial charge in [0, 0.05) is 43.8 Å². The summed E-state index contributed by atoms with van der Waals surface area (Å²) in [6.45, 7) is 5.75. The molecule has 0 radical (unpaired) electrons. The van der Waals surface area contributed by atoms with E-state index in [-0.39, 0.29) is 48.6 Å². The van der Waals surface area contributed by atoms with Crippen LogP contribution in [0.5, 0.6) is 0 Å². The molecule has 8 heteroatoms. The summed E-state index contributed by atoms with van der Waals surface area (Å²) in [5, 5.41) is 6.45. The lowest BCUT2D eigenvalue weighted by Gasteiger charge is -2.36. The molecule has 0 aliphatic carbocycles. The van der Waals surface area contributed by atoms with Crippen molar-refractivity contribution >= 4 is 36.4 Å². The standard InChI is InChI=1S/C18H26FN3O2.2ClH/c1-13-9-14(19)4-5-17(13)22-7-2-3-15(11-22)21-18(23)10-16-12-24-8-6-20-16;;/h4-5,9,15-16,20H,2-3,6-8,10-12H2,1H3,(H,21,23);2*1H. The molecule has 26 heavy (non-hydrogen) atoms. The second-order valence-electron chi connectivity index (χ2n) is 6.71. The van der Waals surface area contributed by atoms with Gasteiger partial charge >= 0.3 is 0 Å². The summed E-state index contributed by atoms with van der Waals surface area (Å²) in [5.74, 6) is -0.138. The summed E-state index contributed by atoms with van der Waals surface area (Å²) in [7, 11) is 0. The lowest BCUT2D eigenvalue weighted by atomic mass is 10.0. The van der Waals surface area contributed by atoms with E-state index in [0.717, 1.165) is 43.7 Å². The molecule has 2 unspecified atom stereocenters. The zero-order valence-electron chi connectivity index (χ0n) is 15.0. The maximum Gasteiger partial charge on any atom is 0.221 e. The third kappa shape index (κ3) is 6.27. The Morgan fingerprint density at radius 1 is 1.42 bits per heavy atom. The number of aryl methyl sites for hydroxylation is 1. The molecule has 2 fully saturated rings. The molecule has 2 N–H and O–H groups in total. The Kier molecular flexibility index (Phi) is 9.64. The number of halogens is 3. The number of nitrogens with one attached hydrogen (secondary N) is 2. The second kappa shape index (κ2) is 10.9. The highest BCUT2D eigenvalue weighted by Gasteiger charge is 2.24. The van der Waals surface area contributed by atoms with E-state index < -0.39 is 0 Å². The van der Waals surface area contributed by atoms with Gasteiger partial charge in [-0.3, -0.25) is 4.79 Å². The quantitative estimate of drug-likeness (QED) is 0.804. The average Bonchev–Trinajstić information content (AvgIpc) is 2.56. The monoisotopic (exact) mass is 407 g/mol. The smallest absolute Gasteiger partial charge is 0.221 e. The summed E-state index contributed by atoms with van der Waals surface area (Å²) in [6, 6.07) is 5.14. The molecule has 2 atom stereocenters. The van der Waals surface area contributed by atoms with Gasteiger partial charge in [0.05, 0.1) is 13.2 Å². The predicted octanol–water partition coefficient (Wildman–Crippen LogP) is 2.44. The van der Waals surface area contributed by atoms with E-state index in [0.29, 0.717) is 19.6 Å². The highest BCUT2D eigenvalue weighted by atomic mass is 35.5. The number of ether oxygens (including phenoxy) is 1. The van der Waals surface area contributed by atoms with Crippen LogP contribution >= 0.6 is 24.8 Å². The molecule has 1 aromatic rings. The summed E-state index contributed by atoms with van der Waals surface area (Å²) in [6.07, 6.45) is 2.45. The van der Waals surface area contributed by atoms with E-state index in [2.05, 4.69) is 15.5 Å². The van der Waals surface area contributed by atoms with Crippen molar-refractivity contribution in [3.05, 3.63) is 29.6 Å². The molecule has 1 aromatic carbocycles. The lowest BCUT2D eigenvalue weighted by Crippen LogP contribution is -2.50. The van der Waals surface area contributed by atoms with Crippen molar-refractivity contribution < 1.29 is 13.9 Å². The van der Waals surface area contributed by atoms with Crippen LogP contribution in [0.4, 0.5) is 10.1 Å². The number of carbonyl (C=O) groups is 1. The van der Waals surface area contributed by atoms with Crippen LogP contribution < -0.4 is 15.5 Å². The molecular formula is C18H28Cl2FN3O2. The number of anilines is 1. The lowest BCUT2D eigenvalue weighted by molar-refractivity contribution is -0.123.